The number of fused-ring (bicyclic) bond motifs is 2. The van der Waals surface area contributed by atoms with Gasteiger partial charge in [0.15, 0.2) is 0 Å². The summed E-state index contributed by atoms with van der Waals surface area (Å²) in [7, 11) is 0. The lowest BCUT2D eigenvalue weighted by atomic mass is 9.88. The van der Waals surface area contributed by atoms with Crippen LogP contribution in [0.25, 0.3) is 0 Å². The summed E-state index contributed by atoms with van der Waals surface area (Å²) in [5.41, 5.74) is 6.50. The average molecular weight is 503 g/mol. The van der Waals surface area contributed by atoms with Crippen molar-refractivity contribution in [2.75, 3.05) is 43.5 Å². The molecule has 170 valence electrons. The molecule has 0 unspecified atom stereocenters. The smallest absolute Gasteiger partial charge is 0.229 e. The minimum absolute atomic E-state index is 0.0653. The Labute approximate surface area is 194 Å². The Morgan fingerprint density at radius 1 is 1.22 bits per heavy atom. The maximum Gasteiger partial charge on any atom is 0.229 e. The zero-order valence-corrected chi connectivity index (χ0v) is 19.2. The van der Waals surface area contributed by atoms with Gasteiger partial charge in [0.2, 0.25) is 11.9 Å². The zero-order valence-electron chi connectivity index (χ0n) is 17.7. The fourth-order valence-corrected chi connectivity index (χ4v) is 5.15. The molecule has 4 N–H and O–H groups in total. The fourth-order valence-electron chi connectivity index (χ4n) is 4.84. The van der Waals surface area contributed by atoms with E-state index in [-0.39, 0.29) is 29.7 Å². The van der Waals surface area contributed by atoms with Crippen molar-refractivity contribution in [2.45, 2.75) is 19.0 Å². The molecule has 2 aromatic rings. The van der Waals surface area contributed by atoms with E-state index < -0.39 is 0 Å². The quantitative estimate of drug-likeness (QED) is 0.465. The number of aromatic nitrogens is 4. The summed E-state index contributed by atoms with van der Waals surface area (Å²) in [5.74, 6) is 1.08. The van der Waals surface area contributed by atoms with Gasteiger partial charge < -0.3 is 21.1 Å². The first-order chi connectivity index (χ1) is 15.6. The minimum Gasteiger partial charge on any atom is -0.379 e. The number of rotatable bonds is 8. The van der Waals surface area contributed by atoms with Gasteiger partial charge in [-0.25, -0.2) is 4.98 Å². The number of carbonyl (C=O) groups is 1. The Morgan fingerprint density at radius 3 is 2.84 bits per heavy atom. The molecule has 2 fully saturated rings. The van der Waals surface area contributed by atoms with Gasteiger partial charge in [-0.15, -0.1) is 0 Å². The number of hydrogen-bond acceptors (Lipinski definition) is 8. The van der Waals surface area contributed by atoms with Crippen molar-refractivity contribution in [3.05, 3.63) is 35.2 Å². The number of morpholine rings is 1. The molecule has 1 saturated heterocycles. The highest BCUT2D eigenvalue weighted by atomic mass is 79.9. The Morgan fingerprint density at radius 2 is 2.03 bits per heavy atom. The van der Waals surface area contributed by atoms with Crippen LogP contribution in [0.4, 0.5) is 17.5 Å². The number of anilines is 3. The predicted molar refractivity (Wildman–Crippen MR) is 123 cm³/mol. The minimum atomic E-state index is -0.271. The van der Waals surface area contributed by atoms with Crippen molar-refractivity contribution in [1.82, 2.24) is 24.6 Å². The van der Waals surface area contributed by atoms with Crippen molar-refractivity contribution in [3.63, 3.8) is 0 Å². The van der Waals surface area contributed by atoms with Gasteiger partial charge >= 0.3 is 0 Å². The van der Waals surface area contributed by atoms with E-state index in [1.165, 1.54) is 0 Å². The van der Waals surface area contributed by atoms with E-state index in [1.54, 1.807) is 12.4 Å². The summed E-state index contributed by atoms with van der Waals surface area (Å²) >= 11 is 3.52. The van der Waals surface area contributed by atoms with Crippen molar-refractivity contribution in [3.8, 4) is 0 Å². The molecule has 2 aliphatic carbocycles. The molecule has 32 heavy (non-hydrogen) atoms. The summed E-state index contributed by atoms with van der Waals surface area (Å²) in [6.45, 7) is 5.26. The Hall–Kier alpha value is -2.50. The van der Waals surface area contributed by atoms with Crippen LogP contribution in [0.15, 0.2) is 35.2 Å². The van der Waals surface area contributed by atoms with E-state index in [4.69, 9.17) is 10.5 Å². The van der Waals surface area contributed by atoms with Gasteiger partial charge in [-0.05, 0) is 34.2 Å². The molecular weight excluding hydrogens is 476 g/mol. The van der Waals surface area contributed by atoms with E-state index >= 15 is 0 Å². The van der Waals surface area contributed by atoms with Crippen LogP contribution in [0.1, 0.15) is 6.42 Å². The molecule has 0 radical (unpaired) electrons. The van der Waals surface area contributed by atoms with Crippen molar-refractivity contribution < 1.29 is 9.53 Å². The molecule has 10 nitrogen and oxygen atoms in total. The van der Waals surface area contributed by atoms with E-state index in [0.717, 1.165) is 56.0 Å². The highest BCUT2D eigenvalue weighted by molar-refractivity contribution is 9.10. The lowest BCUT2D eigenvalue weighted by Crippen LogP contribution is -2.41. The summed E-state index contributed by atoms with van der Waals surface area (Å²) in [5, 5.41) is 11.1. The SMILES string of the molecule is NC(=O)[C@@H]1[C@H](Nc2nc(Nc3cnn(CCN4CCOCC4)c3)ncc2Br)[C@H]2C=C[C@@H]1C2. The van der Waals surface area contributed by atoms with Crippen LogP contribution >= 0.6 is 15.9 Å². The number of nitrogens with zero attached hydrogens (tertiary/aromatic N) is 5. The summed E-state index contributed by atoms with van der Waals surface area (Å²) in [4.78, 5) is 23.4. The van der Waals surface area contributed by atoms with Crippen molar-refractivity contribution >= 4 is 39.3 Å². The molecule has 1 amide bonds. The maximum atomic E-state index is 12.0. The van der Waals surface area contributed by atoms with Crippen LogP contribution in [-0.2, 0) is 16.1 Å². The van der Waals surface area contributed by atoms with E-state index in [9.17, 15) is 4.79 Å². The van der Waals surface area contributed by atoms with E-state index in [2.05, 4.69) is 58.7 Å². The Balaban J connectivity index is 1.23. The fraction of sp³-hybridized carbons (Fsp3) is 0.524. The number of primary amides is 1. The molecule has 11 heteroatoms. The number of carbonyl (C=O) groups excluding carboxylic acids is 1. The normalized spacial score (nSPS) is 27.0. The molecule has 5 rings (SSSR count). The van der Waals surface area contributed by atoms with E-state index in [1.807, 2.05) is 10.9 Å². The van der Waals surface area contributed by atoms with Crippen LogP contribution in [0.2, 0.25) is 0 Å². The summed E-state index contributed by atoms with van der Waals surface area (Å²) in [6, 6.07) is -0.0653. The molecule has 0 aromatic carbocycles. The van der Waals surface area contributed by atoms with Gasteiger partial charge in [0, 0.05) is 38.1 Å². The molecule has 0 spiro atoms. The third kappa shape index (κ3) is 4.50. The summed E-state index contributed by atoms with van der Waals surface area (Å²) < 4.78 is 8.04. The van der Waals surface area contributed by atoms with E-state index in [0.29, 0.717) is 11.8 Å². The number of amides is 1. The standard InChI is InChI=1S/C21H27BrN8O2/c22-16-11-24-21(26-15-10-25-30(12-15)4-3-29-5-7-32-8-6-29)28-20(16)27-18-14-2-1-13(9-14)17(18)19(23)31/h1-2,10-14,17-18H,3-9H2,(H2,23,31)(H2,24,26,27,28)/t13-,14+,17+,18-/m1/s1. The van der Waals surface area contributed by atoms with Crippen LogP contribution < -0.4 is 16.4 Å². The van der Waals surface area contributed by atoms with Gasteiger partial charge in [-0.3, -0.25) is 14.4 Å². The third-order valence-electron chi connectivity index (χ3n) is 6.47. The van der Waals surface area contributed by atoms with Gasteiger partial charge in [0.25, 0.3) is 0 Å². The molecule has 1 aliphatic heterocycles. The number of nitrogens with two attached hydrogens (primary N) is 1. The Bertz CT molecular complexity index is 1010. The number of halogens is 1. The van der Waals surface area contributed by atoms with Crippen LogP contribution in [0, 0.1) is 17.8 Å². The molecule has 1 saturated carbocycles. The van der Waals surface area contributed by atoms with Gasteiger partial charge in [0.1, 0.15) is 5.82 Å². The third-order valence-corrected chi connectivity index (χ3v) is 7.05. The van der Waals surface area contributed by atoms with Gasteiger partial charge in [-0.1, -0.05) is 12.2 Å². The molecule has 4 atom stereocenters. The van der Waals surface area contributed by atoms with Crippen LogP contribution in [0.5, 0.6) is 0 Å². The Kier molecular flexibility index (Phi) is 6.11. The number of allylic oxidation sites excluding steroid dienone is 1. The van der Waals surface area contributed by atoms with Crippen LogP contribution in [0.3, 0.4) is 0 Å². The first kappa shape index (κ1) is 21.4. The lowest BCUT2D eigenvalue weighted by Gasteiger charge is -2.27. The second-order valence-electron chi connectivity index (χ2n) is 8.51. The molecule has 3 heterocycles. The number of hydrogen-bond donors (Lipinski definition) is 3. The molecular formula is C21H27BrN8O2. The van der Waals surface area contributed by atoms with Gasteiger partial charge in [-0.2, -0.15) is 10.1 Å². The monoisotopic (exact) mass is 502 g/mol. The average Bonchev–Trinajstić information content (AvgIpc) is 3.52. The molecule has 2 bridgehead atoms. The molecule has 2 aromatic heterocycles. The topological polar surface area (TPSA) is 123 Å². The second-order valence-corrected chi connectivity index (χ2v) is 9.36. The predicted octanol–water partition coefficient (Wildman–Crippen LogP) is 1.60. The molecule has 3 aliphatic rings. The highest BCUT2D eigenvalue weighted by Crippen LogP contribution is 2.45. The first-order valence-corrected chi connectivity index (χ1v) is 11.7. The maximum absolute atomic E-state index is 12.0. The van der Waals surface area contributed by atoms with Gasteiger partial charge in [0.05, 0.1) is 42.0 Å². The first-order valence-electron chi connectivity index (χ1n) is 10.9. The lowest BCUT2D eigenvalue weighted by molar-refractivity contribution is -0.122. The number of ether oxygens (including phenoxy) is 1. The number of nitrogens with one attached hydrogen (secondary N) is 2. The van der Waals surface area contributed by atoms with Crippen molar-refractivity contribution in [2.24, 2.45) is 23.5 Å². The second kappa shape index (κ2) is 9.16. The summed E-state index contributed by atoms with van der Waals surface area (Å²) in [6.07, 6.45) is 10.6. The highest BCUT2D eigenvalue weighted by Gasteiger charge is 2.47. The zero-order chi connectivity index (χ0) is 22.1. The van der Waals surface area contributed by atoms with Crippen molar-refractivity contribution in [1.29, 1.82) is 0 Å². The largest absolute Gasteiger partial charge is 0.379 e. The van der Waals surface area contributed by atoms with Crippen LogP contribution in [-0.4, -0.2) is 69.4 Å².